The summed E-state index contributed by atoms with van der Waals surface area (Å²) in [5.74, 6) is 0. The molecule has 0 spiro atoms. The Morgan fingerprint density at radius 3 is 2.21 bits per heavy atom. The Balaban J connectivity index is 4.10. The molecule has 0 aliphatic heterocycles. The molecule has 0 fully saturated rings. The summed E-state index contributed by atoms with van der Waals surface area (Å²) in [5, 5.41) is 9.16. The monoisotopic (exact) mass is 224 g/mol. The molecule has 0 heterocycles. The van der Waals surface area contributed by atoms with Crippen molar-refractivity contribution in [2.24, 2.45) is 0 Å². The average Bonchev–Trinajstić information content (AvgIpc) is 1.96. The molecule has 0 aromatic rings. The minimum Gasteiger partial charge on any atom is -0.392 e. The predicted molar refractivity (Wildman–Crippen MR) is 56.1 cm³/mol. The summed E-state index contributed by atoms with van der Waals surface area (Å²) in [7, 11) is -3.50. The highest BCUT2D eigenvalue weighted by atomic mass is 32.2. The second kappa shape index (κ2) is 5.06. The summed E-state index contributed by atoms with van der Waals surface area (Å²) in [6.45, 7) is 7.09. The molecule has 0 bridgehead atoms. The Morgan fingerprint density at radius 2 is 1.86 bits per heavy atom. The van der Waals surface area contributed by atoms with Crippen molar-refractivity contribution in [3.63, 3.8) is 0 Å². The van der Waals surface area contributed by atoms with E-state index >= 15 is 0 Å². The zero-order valence-electron chi connectivity index (χ0n) is 9.16. The van der Waals surface area contributed by atoms with Crippen LogP contribution in [0.25, 0.3) is 0 Å². The van der Waals surface area contributed by atoms with E-state index in [0.717, 1.165) is 0 Å². The Bertz CT molecular complexity index is 256. The van der Waals surface area contributed by atoms with Gasteiger partial charge in [0.15, 0.2) is 0 Å². The Kier molecular flexibility index (Phi) is 5.00. The molecule has 0 aromatic heterocycles. The van der Waals surface area contributed by atoms with Gasteiger partial charge >= 0.3 is 0 Å². The van der Waals surface area contributed by atoms with Crippen molar-refractivity contribution in [2.45, 2.75) is 45.8 Å². The first-order valence-corrected chi connectivity index (χ1v) is 6.11. The molecule has 0 aromatic carbocycles. The fourth-order valence-corrected chi connectivity index (χ4v) is 2.08. The largest absolute Gasteiger partial charge is 0.392 e. The van der Waals surface area contributed by atoms with Gasteiger partial charge in [-0.2, -0.15) is 17.9 Å². The number of aliphatic hydroxyl groups excluding tert-OH is 1. The van der Waals surface area contributed by atoms with Gasteiger partial charge in [-0.05, 0) is 27.2 Å². The van der Waals surface area contributed by atoms with Gasteiger partial charge in [0, 0.05) is 12.1 Å². The van der Waals surface area contributed by atoms with Gasteiger partial charge < -0.3 is 5.11 Å². The van der Waals surface area contributed by atoms with Crippen molar-refractivity contribution in [3.05, 3.63) is 0 Å². The maximum atomic E-state index is 11.3. The molecule has 0 saturated carbocycles. The van der Waals surface area contributed by atoms with Crippen LogP contribution in [-0.4, -0.2) is 31.7 Å². The van der Waals surface area contributed by atoms with E-state index in [-0.39, 0.29) is 6.54 Å². The van der Waals surface area contributed by atoms with Crippen molar-refractivity contribution >= 4 is 10.2 Å². The van der Waals surface area contributed by atoms with E-state index in [0.29, 0.717) is 6.42 Å². The standard InChI is InChI=1S/C8H20N2O3S/c1-5-7(11)6-9-14(12,13)10-8(2,3)4/h7,9-11H,5-6H2,1-4H3. The first-order chi connectivity index (χ1) is 6.16. The Morgan fingerprint density at radius 1 is 1.36 bits per heavy atom. The number of nitrogens with one attached hydrogen (secondary N) is 2. The second-order valence-electron chi connectivity index (χ2n) is 4.27. The van der Waals surface area contributed by atoms with Gasteiger partial charge in [0.25, 0.3) is 10.2 Å². The molecular weight excluding hydrogens is 204 g/mol. The minimum absolute atomic E-state index is 0.0436. The highest BCUT2D eigenvalue weighted by Gasteiger charge is 2.19. The lowest BCUT2D eigenvalue weighted by molar-refractivity contribution is 0.174. The minimum atomic E-state index is -3.50. The molecule has 0 radical (unpaired) electrons. The van der Waals surface area contributed by atoms with Crippen LogP contribution in [0.1, 0.15) is 34.1 Å². The molecule has 0 saturated heterocycles. The van der Waals surface area contributed by atoms with Crippen LogP contribution >= 0.6 is 0 Å². The lowest BCUT2D eigenvalue weighted by atomic mass is 10.1. The average molecular weight is 224 g/mol. The molecular formula is C8H20N2O3S. The maximum absolute atomic E-state index is 11.3. The van der Waals surface area contributed by atoms with E-state index in [1.54, 1.807) is 27.7 Å². The first kappa shape index (κ1) is 13.8. The van der Waals surface area contributed by atoms with Crippen LogP contribution in [0.2, 0.25) is 0 Å². The molecule has 3 N–H and O–H groups in total. The van der Waals surface area contributed by atoms with E-state index in [4.69, 9.17) is 5.11 Å². The van der Waals surface area contributed by atoms with Crippen molar-refractivity contribution in [3.8, 4) is 0 Å². The second-order valence-corrected chi connectivity index (χ2v) is 5.77. The molecule has 0 rings (SSSR count). The van der Waals surface area contributed by atoms with Crippen LogP contribution < -0.4 is 9.44 Å². The number of aliphatic hydroxyl groups is 1. The lowest BCUT2D eigenvalue weighted by Crippen LogP contribution is -2.48. The predicted octanol–water partition coefficient (Wildman–Crippen LogP) is -0.0202. The molecule has 86 valence electrons. The summed E-state index contributed by atoms with van der Waals surface area (Å²) < 4.78 is 27.4. The van der Waals surface area contributed by atoms with Gasteiger partial charge in [0.05, 0.1) is 6.10 Å². The molecule has 5 nitrogen and oxygen atoms in total. The summed E-state index contributed by atoms with van der Waals surface area (Å²) in [5.41, 5.74) is -0.511. The number of hydrogen-bond donors (Lipinski definition) is 3. The lowest BCUT2D eigenvalue weighted by Gasteiger charge is -2.21. The van der Waals surface area contributed by atoms with E-state index in [9.17, 15) is 8.42 Å². The summed E-state index contributed by atoms with van der Waals surface area (Å²) >= 11 is 0. The van der Waals surface area contributed by atoms with Crippen LogP contribution in [0.4, 0.5) is 0 Å². The molecule has 0 amide bonds. The van der Waals surface area contributed by atoms with Gasteiger partial charge in [-0.3, -0.25) is 0 Å². The van der Waals surface area contributed by atoms with Gasteiger partial charge in [0.2, 0.25) is 0 Å². The Labute approximate surface area is 86.1 Å². The fourth-order valence-electron chi connectivity index (χ4n) is 0.789. The van der Waals surface area contributed by atoms with E-state index in [2.05, 4.69) is 9.44 Å². The summed E-state index contributed by atoms with van der Waals surface area (Å²) in [6, 6.07) is 0. The molecule has 6 heteroatoms. The van der Waals surface area contributed by atoms with Crippen molar-refractivity contribution in [1.29, 1.82) is 0 Å². The van der Waals surface area contributed by atoms with Crippen LogP contribution in [0.15, 0.2) is 0 Å². The van der Waals surface area contributed by atoms with E-state index in [1.165, 1.54) is 0 Å². The van der Waals surface area contributed by atoms with Crippen LogP contribution in [-0.2, 0) is 10.2 Å². The summed E-state index contributed by atoms with van der Waals surface area (Å²) in [6.07, 6.45) is -0.107. The molecule has 0 aliphatic rings. The van der Waals surface area contributed by atoms with Gasteiger partial charge in [-0.1, -0.05) is 6.92 Å². The van der Waals surface area contributed by atoms with E-state index in [1.807, 2.05) is 0 Å². The fraction of sp³-hybridized carbons (Fsp3) is 1.00. The normalized spacial score (nSPS) is 15.5. The third-order valence-electron chi connectivity index (χ3n) is 1.42. The van der Waals surface area contributed by atoms with Gasteiger partial charge in [-0.15, -0.1) is 0 Å². The SMILES string of the molecule is CCC(O)CNS(=O)(=O)NC(C)(C)C. The molecule has 1 atom stereocenters. The quantitative estimate of drug-likeness (QED) is 0.614. The van der Waals surface area contributed by atoms with E-state index < -0.39 is 21.9 Å². The van der Waals surface area contributed by atoms with Crippen molar-refractivity contribution in [2.75, 3.05) is 6.54 Å². The maximum Gasteiger partial charge on any atom is 0.277 e. The van der Waals surface area contributed by atoms with Gasteiger partial charge in [0.1, 0.15) is 0 Å². The summed E-state index contributed by atoms with van der Waals surface area (Å²) in [4.78, 5) is 0. The van der Waals surface area contributed by atoms with Crippen molar-refractivity contribution < 1.29 is 13.5 Å². The zero-order valence-corrected chi connectivity index (χ0v) is 9.98. The molecule has 14 heavy (non-hydrogen) atoms. The van der Waals surface area contributed by atoms with Gasteiger partial charge in [-0.25, -0.2) is 0 Å². The smallest absolute Gasteiger partial charge is 0.277 e. The van der Waals surface area contributed by atoms with Crippen LogP contribution in [0.3, 0.4) is 0 Å². The van der Waals surface area contributed by atoms with Crippen molar-refractivity contribution in [1.82, 2.24) is 9.44 Å². The topological polar surface area (TPSA) is 78.4 Å². The van der Waals surface area contributed by atoms with Crippen LogP contribution in [0.5, 0.6) is 0 Å². The Hall–Kier alpha value is -0.170. The third kappa shape index (κ3) is 7.25. The molecule has 0 aliphatic carbocycles. The third-order valence-corrected chi connectivity index (χ3v) is 2.85. The molecule has 1 unspecified atom stereocenters. The number of hydrogen-bond acceptors (Lipinski definition) is 3. The highest BCUT2D eigenvalue weighted by molar-refractivity contribution is 7.87. The zero-order chi connectivity index (χ0) is 11.4. The van der Waals surface area contributed by atoms with Crippen LogP contribution in [0, 0.1) is 0 Å². The number of rotatable bonds is 5. The first-order valence-electron chi connectivity index (χ1n) is 4.63. The highest BCUT2D eigenvalue weighted by Crippen LogP contribution is 2.00.